The number of nitrogens with zero attached hydrogens (tertiary/aromatic N) is 2. The van der Waals surface area contributed by atoms with Crippen molar-refractivity contribution in [1.29, 1.82) is 0 Å². The molecular weight excluding hydrogens is 392 g/mol. The molecule has 29 heavy (non-hydrogen) atoms. The quantitative estimate of drug-likeness (QED) is 0.696. The van der Waals surface area contributed by atoms with Gasteiger partial charge < -0.3 is 14.5 Å². The Labute approximate surface area is 172 Å². The second-order valence-electron chi connectivity index (χ2n) is 9.24. The Morgan fingerprint density at radius 1 is 1.21 bits per heavy atom. The fourth-order valence-electron chi connectivity index (χ4n) is 4.31. The number of piperidine rings is 1. The van der Waals surface area contributed by atoms with Gasteiger partial charge in [-0.15, -0.1) is 10.6 Å². The summed E-state index contributed by atoms with van der Waals surface area (Å²) in [6.07, 6.45) is 3.40. The lowest BCUT2D eigenvalue weighted by Crippen LogP contribution is -2.46. The first kappa shape index (κ1) is 20.3. The number of ether oxygens (including phenoxy) is 1. The van der Waals surface area contributed by atoms with Gasteiger partial charge in [0.25, 0.3) is 0 Å². The third-order valence-electron chi connectivity index (χ3n) is 5.86. The monoisotopic (exact) mass is 420 g/mol. The van der Waals surface area contributed by atoms with E-state index in [1.807, 2.05) is 26.8 Å². The third-order valence-corrected chi connectivity index (χ3v) is 7.40. The topological polar surface area (TPSA) is 90.3 Å². The minimum atomic E-state index is -2.85. The molecule has 2 amide bonds. The molecule has 2 N–H and O–H groups in total. The van der Waals surface area contributed by atoms with E-state index in [9.17, 15) is 18.7 Å². The second kappa shape index (κ2) is 6.75. The Balaban J connectivity index is 1.44. The van der Waals surface area contributed by atoms with Crippen LogP contribution < -0.4 is 4.90 Å². The van der Waals surface area contributed by atoms with Gasteiger partial charge in [0.2, 0.25) is 5.91 Å². The van der Waals surface area contributed by atoms with Gasteiger partial charge in [0.05, 0.1) is 4.90 Å². The Bertz CT molecular complexity index is 882. The van der Waals surface area contributed by atoms with E-state index in [1.165, 1.54) is 5.41 Å². The zero-order valence-corrected chi connectivity index (χ0v) is 17.9. The summed E-state index contributed by atoms with van der Waals surface area (Å²) in [5.74, 6) is 0.0734. The molecule has 8 heteroatoms. The van der Waals surface area contributed by atoms with E-state index >= 15 is 0 Å². The molecule has 0 aromatic heterocycles. The summed E-state index contributed by atoms with van der Waals surface area (Å²) in [4.78, 5) is 29.1. The molecule has 0 aliphatic carbocycles. The van der Waals surface area contributed by atoms with Crippen LogP contribution in [0.2, 0.25) is 0 Å². The Kier molecular flexibility index (Phi) is 4.72. The molecule has 0 unspecified atom stereocenters. The molecule has 0 radical (unpaired) electrons. The van der Waals surface area contributed by atoms with Crippen molar-refractivity contribution >= 4 is 34.4 Å². The average Bonchev–Trinajstić information content (AvgIpc) is 3.10. The number of hydrogen-bond donors (Lipinski definition) is 2. The van der Waals surface area contributed by atoms with Crippen molar-refractivity contribution in [2.45, 2.75) is 50.5 Å². The normalized spacial score (nSPS) is 23.4. The molecule has 1 aromatic carbocycles. The van der Waals surface area contributed by atoms with Gasteiger partial charge >= 0.3 is 6.09 Å². The molecule has 4 rings (SSSR count). The first-order valence-electron chi connectivity index (χ1n) is 9.87. The van der Waals surface area contributed by atoms with Crippen molar-refractivity contribution < 1.29 is 23.4 Å². The van der Waals surface area contributed by atoms with Gasteiger partial charge in [-0.2, -0.15) is 0 Å². The highest BCUT2D eigenvalue weighted by Gasteiger charge is 2.46. The Hall–Kier alpha value is -2.03. The molecule has 0 atom stereocenters. The van der Waals surface area contributed by atoms with Crippen molar-refractivity contribution in [2.24, 2.45) is 5.41 Å². The molecule has 7 nitrogen and oxygen atoms in total. The molecular formula is C21H28N2O5S. The van der Waals surface area contributed by atoms with E-state index in [-0.39, 0.29) is 17.4 Å². The van der Waals surface area contributed by atoms with Crippen LogP contribution in [0.15, 0.2) is 28.5 Å². The summed E-state index contributed by atoms with van der Waals surface area (Å²) in [7, 11) is -2.85. The first-order valence-corrected chi connectivity index (χ1v) is 11.5. The van der Waals surface area contributed by atoms with Gasteiger partial charge in [0.15, 0.2) is 0 Å². The van der Waals surface area contributed by atoms with Crippen LogP contribution in [0.3, 0.4) is 0 Å². The van der Waals surface area contributed by atoms with E-state index < -0.39 is 16.2 Å². The van der Waals surface area contributed by atoms with Crippen LogP contribution in [-0.2, 0) is 9.53 Å². The number of benzene rings is 1. The van der Waals surface area contributed by atoms with Crippen LogP contribution in [0.25, 0.3) is 6.08 Å². The molecule has 3 aliphatic rings. The van der Waals surface area contributed by atoms with Crippen LogP contribution in [0.1, 0.15) is 45.6 Å². The van der Waals surface area contributed by atoms with Crippen LogP contribution in [0, 0.1) is 5.41 Å². The predicted octanol–water partition coefficient (Wildman–Crippen LogP) is 4.53. The fourth-order valence-corrected chi connectivity index (χ4v) is 5.53. The number of anilines is 1. The molecule has 2 saturated heterocycles. The number of hydrogen-bond acceptors (Lipinski definition) is 5. The highest BCUT2D eigenvalue weighted by atomic mass is 32.3. The molecule has 2 fully saturated rings. The molecule has 158 valence electrons. The maximum Gasteiger partial charge on any atom is 0.410 e. The molecule has 1 aromatic rings. The maximum absolute atomic E-state index is 12.8. The SMILES string of the molecule is CC(C)(C)OC(=O)N1CCC2(CC1)CC(=O)N(c1ccc3c(c1)C=CS3(O)O)C2. The van der Waals surface area contributed by atoms with Crippen LogP contribution in [0.4, 0.5) is 10.5 Å². The first-order chi connectivity index (χ1) is 13.5. The van der Waals surface area contributed by atoms with E-state index in [0.717, 1.165) is 24.1 Å². The van der Waals surface area contributed by atoms with E-state index in [1.54, 1.807) is 28.0 Å². The molecule has 0 bridgehead atoms. The van der Waals surface area contributed by atoms with Gasteiger partial charge in [-0.3, -0.25) is 13.9 Å². The molecule has 3 heterocycles. The summed E-state index contributed by atoms with van der Waals surface area (Å²) in [5.41, 5.74) is 0.877. The fraction of sp³-hybridized carbons (Fsp3) is 0.524. The van der Waals surface area contributed by atoms with Gasteiger partial charge in [-0.05, 0) is 57.9 Å². The molecule has 1 spiro atoms. The number of fused-ring (bicyclic) bond motifs is 1. The standard InChI is InChI=1S/C21H28N2O5S/c1-20(2,3)28-19(25)22-9-7-21(8-10-22)13-18(24)23(14-21)16-4-5-17-15(12-16)6-11-29(17,26)27/h4-6,11-12,26-27H,7-10,13-14H2,1-3H3. The lowest BCUT2D eigenvalue weighted by atomic mass is 9.78. The summed E-state index contributed by atoms with van der Waals surface area (Å²) in [6, 6.07) is 5.33. The second-order valence-corrected chi connectivity index (χ2v) is 11.1. The Morgan fingerprint density at radius 2 is 1.90 bits per heavy atom. The summed E-state index contributed by atoms with van der Waals surface area (Å²) in [6.45, 7) is 7.36. The van der Waals surface area contributed by atoms with Crippen molar-refractivity contribution in [2.75, 3.05) is 24.5 Å². The number of amides is 2. The van der Waals surface area contributed by atoms with Gasteiger partial charge in [-0.25, -0.2) is 4.79 Å². The smallest absolute Gasteiger partial charge is 0.410 e. The number of carbonyl (C=O) groups is 2. The van der Waals surface area contributed by atoms with E-state index in [0.29, 0.717) is 31.0 Å². The lowest BCUT2D eigenvalue weighted by Gasteiger charge is -2.39. The van der Waals surface area contributed by atoms with Crippen LogP contribution >= 0.6 is 10.6 Å². The summed E-state index contributed by atoms with van der Waals surface area (Å²) in [5, 5.41) is 1.42. The predicted molar refractivity (Wildman–Crippen MR) is 113 cm³/mol. The number of rotatable bonds is 1. The minimum Gasteiger partial charge on any atom is -0.444 e. The summed E-state index contributed by atoms with van der Waals surface area (Å²) < 4.78 is 25.5. The van der Waals surface area contributed by atoms with E-state index in [2.05, 4.69) is 0 Å². The van der Waals surface area contributed by atoms with Gasteiger partial charge in [0, 0.05) is 48.1 Å². The Morgan fingerprint density at radius 3 is 2.55 bits per heavy atom. The van der Waals surface area contributed by atoms with Gasteiger partial charge in [-0.1, -0.05) is 0 Å². The molecule has 0 saturated carbocycles. The number of carbonyl (C=O) groups excluding carboxylic acids is 2. The molecule has 3 aliphatic heterocycles. The minimum absolute atomic E-state index is 0.0734. The largest absolute Gasteiger partial charge is 0.444 e. The third kappa shape index (κ3) is 3.89. The average molecular weight is 421 g/mol. The van der Waals surface area contributed by atoms with Crippen molar-refractivity contribution in [3.8, 4) is 0 Å². The van der Waals surface area contributed by atoms with Crippen LogP contribution in [-0.4, -0.2) is 51.2 Å². The van der Waals surface area contributed by atoms with Gasteiger partial charge in [0.1, 0.15) is 5.60 Å². The highest BCUT2D eigenvalue weighted by molar-refractivity contribution is 8.27. The lowest BCUT2D eigenvalue weighted by molar-refractivity contribution is -0.118. The maximum atomic E-state index is 12.8. The zero-order valence-electron chi connectivity index (χ0n) is 17.1. The van der Waals surface area contributed by atoms with Crippen molar-refractivity contribution in [1.82, 2.24) is 4.90 Å². The number of likely N-dealkylation sites (tertiary alicyclic amines) is 1. The highest BCUT2D eigenvalue weighted by Crippen LogP contribution is 2.56. The van der Waals surface area contributed by atoms with Crippen LogP contribution in [0.5, 0.6) is 0 Å². The van der Waals surface area contributed by atoms with E-state index in [4.69, 9.17) is 4.74 Å². The summed E-state index contributed by atoms with van der Waals surface area (Å²) >= 11 is 0. The van der Waals surface area contributed by atoms with Crippen molar-refractivity contribution in [3.63, 3.8) is 0 Å². The zero-order chi connectivity index (χ0) is 21.0. The van der Waals surface area contributed by atoms with Crippen molar-refractivity contribution in [3.05, 3.63) is 29.2 Å².